The number of rotatable bonds is 5. The first kappa shape index (κ1) is 15.6. The van der Waals surface area contributed by atoms with Crippen LogP contribution in [0.5, 0.6) is 0 Å². The smallest absolute Gasteiger partial charge is 0.226 e. The Morgan fingerprint density at radius 2 is 2.22 bits per heavy atom. The van der Waals surface area contributed by atoms with E-state index < -0.39 is 5.82 Å². The van der Waals surface area contributed by atoms with Crippen molar-refractivity contribution in [1.82, 2.24) is 19.9 Å². The van der Waals surface area contributed by atoms with Crippen LogP contribution in [0.15, 0.2) is 24.4 Å². The molecule has 6 nitrogen and oxygen atoms in total. The number of fused-ring (bicyclic) bond motifs is 1. The van der Waals surface area contributed by atoms with E-state index in [-0.39, 0.29) is 16.7 Å². The number of H-pyrrole nitrogens is 1. The molecule has 1 atom stereocenters. The normalized spacial score (nSPS) is 12.5. The van der Waals surface area contributed by atoms with Gasteiger partial charge in [-0.1, -0.05) is 6.07 Å². The Morgan fingerprint density at radius 1 is 1.39 bits per heavy atom. The Morgan fingerprint density at radius 3 is 2.91 bits per heavy atom. The predicted molar refractivity (Wildman–Crippen MR) is 87.8 cm³/mol. The summed E-state index contributed by atoms with van der Waals surface area (Å²) in [5, 5.41) is 3.38. The molecule has 0 aliphatic rings. The molecule has 0 aliphatic heterocycles. The predicted octanol–water partition coefficient (Wildman–Crippen LogP) is 2.65. The number of hydrogen-bond donors (Lipinski definition) is 3. The van der Waals surface area contributed by atoms with E-state index in [1.165, 1.54) is 0 Å². The zero-order valence-electron chi connectivity index (χ0n) is 12.5. The van der Waals surface area contributed by atoms with Gasteiger partial charge in [-0.15, -0.1) is 0 Å². The lowest BCUT2D eigenvalue weighted by atomic mass is 10.2. The standard InChI is InChI=1S/C15H16ClFN6/c1-8(18)6-10-12(17)11-13(22-15(16)23-14(11)21-10)20-7-9-4-2-3-5-19-9/h2-5,8H,6-7,18H2,1H3,(H2,20,21,22,23). The molecular weight excluding hydrogens is 319 g/mol. The van der Waals surface area contributed by atoms with E-state index in [9.17, 15) is 4.39 Å². The minimum atomic E-state index is -0.405. The number of pyridine rings is 1. The quantitative estimate of drug-likeness (QED) is 0.624. The van der Waals surface area contributed by atoms with Gasteiger partial charge in [-0.25, -0.2) is 4.39 Å². The second kappa shape index (κ2) is 6.47. The maximum absolute atomic E-state index is 14.6. The summed E-state index contributed by atoms with van der Waals surface area (Å²) in [5.74, 6) is -0.0761. The largest absolute Gasteiger partial charge is 0.364 e. The van der Waals surface area contributed by atoms with E-state index in [4.69, 9.17) is 17.3 Å². The molecule has 0 bridgehead atoms. The van der Waals surface area contributed by atoms with Crippen LogP contribution < -0.4 is 11.1 Å². The second-order valence-corrected chi connectivity index (χ2v) is 5.68. The van der Waals surface area contributed by atoms with Gasteiger partial charge in [0.05, 0.1) is 23.3 Å². The van der Waals surface area contributed by atoms with Crippen molar-refractivity contribution in [2.45, 2.75) is 25.9 Å². The first-order valence-electron chi connectivity index (χ1n) is 7.17. The molecule has 1 unspecified atom stereocenters. The lowest BCUT2D eigenvalue weighted by Crippen LogP contribution is -2.18. The zero-order valence-corrected chi connectivity index (χ0v) is 13.2. The molecular formula is C15H16ClFN6. The van der Waals surface area contributed by atoms with Gasteiger partial charge < -0.3 is 16.0 Å². The molecule has 0 aromatic carbocycles. The van der Waals surface area contributed by atoms with Crippen LogP contribution in [0.3, 0.4) is 0 Å². The van der Waals surface area contributed by atoms with Gasteiger partial charge in [-0.2, -0.15) is 9.97 Å². The summed E-state index contributed by atoms with van der Waals surface area (Å²) in [6.45, 7) is 2.21. The molecule has 0 amide bonds. The Hall–Kier alpha value is -2.25. The number of hydrogen-bond acceptors (Lipinski definition) is 5. The molecule has 120 valence electrons. The summed E-state index contributed by atoms with van der Waals surface area (Å²) in [5.41, 5.74) is 7.30. The molecule has 0 aliphatic carbocycles. The van der Waals surface area contributed by atoms with E-state index in [0.717, 1.165) is 5.69 Å². The molecule has 0 spiro atoms. The Kier molecular flexibility index (Phi) is 4.40. The number of nitrogens with zero attached hydrogens (tertiary/aromatic N) is 3. The Balaban J connectivity index is 1.97. The minimum Gasteiger partial charge on any atom is -0.364 e. The van der Waals surface area contributed by atoms with Crippen LogP contribution >= 0.6 is 11.6 Å². The van der Waals surface area contributed by atoms with Crippen molar-refractivity contribution in [2.24, 2.45) is 5.73 Å². The highest BCUT2D eigenvalue weighted by Crippen LogP contribution is 2.28. The van der Waals surface area contributed by atoms with E-state index in [0.29, 0.717) is 30.1 Å². The summed E-state index contributed by atoms with van der Waals surface area (Å²) >= 11 is 5.93. The van der Waals surface area contributed by atoms with Gasteiger partial charge in [0.1, 0.15) is 11.5 Å². The molecule has 0 saturated heterocycles. The Bertz CT molecular complexity index is 818. The molecule has 3 aromatic rings. The van der Waals surface area contributed by atoms with Crippen molar-refractivity contribution in [3.05, 3.63) is 46.9 Å². The first-order chi connectivity index (χ1) is 11.0. The third-order valence-electron chi connectivity index (χ3n) is 3.32. The third-order valence-corrected chi connectivity index (χ3v) is 3.49. The SMILES string of the molecule is CC(N)Cc1[nH]c2nc(Cl)nc(NCc3ccccn3)c2c1F. The van der Waals surface area contributed by atoms with Crippen molar-refractivity contribution >= 4 is 28.5 Å². The van der Waals surface area contributed by atoms with Crippen LogP contribution in [0.4, 0.5) is 10.2 Å². The number of anilines is 1. The molecule has 4 N–H and O–H groups in total. The lowest BCUT2D eigenvalue weighted by Gasteiger charge is -2.06. The van der Waals surface area contributed by atoms with Crippen LogP contribution in [-0.4, -0.2) is 26.0 Å². The number of nitrogens with one attached hydrogen (secondary N) is 2. The van der Waals surface area contributed by atoms with Gasteiger partial charge in [0.2, 0.25) is 5.28 Å². The molecule has 23 heavy (non-hydrogen) atoms. The summed E-state index contributed by atoms with van der Waals surface area (Å²) in [4.78, 5) is 15.3. The van der Waals surface area contributed by atoms with E-state index in [1.54, 1.807) is 6.20 Å². The molecule has 3 aromatic heterocycles. The summed E-state index contributed by atoms with van der Waals surface area (Å²) in [6.07, 6.45) is 2.07. The fourth-order valence-electron chi connectivity index (χ4n) is 2.35. The topological polar surface area (TPSA) is 92.5 Å². The first-order valence-corrected chi connectivity index (χ1v) is 7.55. The summed E-state index contributed by atoms with van der Waals surface area (Å²) < 4.78 is 14.6. The maximum Gasteiger partial charge on any atom is 0.226 e. The van der Waals surface area contributed by atoms with Gasteiger partial charge in [0.15, 0.2) is 5.82 Å². The average Bonchev–Trinajstić information content (AvgIpc) is 2.81. The Labute approximate surface area is 137 Å². The molecule has 3 rings (SSSR count). The van der Waals surface area contributed by atoms with Gasteiger partial charge >= 0.3 is 0 Å². The molecule has 0 saturated carbocycles. The monoisotopic (exact) mass is 334 g/mol. The van der Waals surface area contributed by atoms with E-state index >= 15 is 0 Å². The zero-order chi connectivity index (χ0) is 16.4. The number of nitrogens with two attached hydrogens (primary N) is 1. The van der Waals surface area contributed by atoms with Crippen molar-refractivity contribution in [2.75, 3.05) is 5.32 Å². The van der Waals surface area contributed by atoms with Crippen molar-refractivity contribution in [3.8, 4) is 0 Å². The van der Waals surface area contributed by atoms with Crippen molar-refractivity contribution in [1.29, 1.82) is 0 Å². The van der Waals surface area contributed by atoms with E-state index in [2.05, 4.69) is 25.3 Å². The molecule has 3 heterocycles. The van der Waals surface area contributed by atoms with E-state index in [1.807, 2.05) is 25.1 Å². The van der Waals surface area contributed by atoms with Crippen LogP contribution in [-0.2, 0) is 13.0 Å². The molecule has 8 heteroatoms. The number of halogens is 2. The molecule has 0 radical (unpaired) electrons. The van der Waals surface area contributed by atoms with Gasteiger partial charge in [0.25, 0.3) is 0 Å². The van der Waals surface area contributed by atoms with Crippen LogP contribution in [0.2, 0.25) is 5.28 Å². The lowest BCUT2D eigenvalue weighted by molar-refractivity contribution is 0.602. The molecule has 0 fully saturated rings. The maximum atomic E-state index is 14.6. The van der Waals surface area contributed by atoms with Crippen LogP contribution in [0.1, 0.15) is 18.3 Å². The number of aromatic amines is 1. The van der Waals surface area contributed by atoms with Crippen LogP contribution in [0.25, 0.3) is 11.0 Å². The fraction of sp³-hybridized carbons (Fsp3) is 0.267. The summed E-state index contributed by atoms with van der Waals surface area (Å²) in [6, 6.07) is 5.40. The highest BCUT2D eigenvalue weighted by Gasteiger charge is 2.19. The summed E-state index contributed by atoms with van der Waals surface area (Å²) in [7, 11) is 0. The van der Waals surface area contributed by atoms with Crippen LogP contribution in [0, 0.1) is 5.82 Å². The average molecular weight is 335 g/mol. The second-order valence-electron chi connectivity index (χ2n) is 5.34. The van der Waals surface area contributed by atoms with Gasteiger partial charge in [-0.05, 0) is 30.7 Å². The highest BCUT2D eigenvalue weighted by atomic mass is 35.5. The van der Waals surface area contributed by atoms with Crippen molar-refractivity contribution in [3.63, 3.8) is 0 Å². The minimum absolute atomic E-state index is 0.0367. The van der Waals surface area contributed by atoms with Gasteiger partial charge in [0, 0.05) is 18.7 Å². The van der Waals surface area contributed by atoms with Crippen molar-refractivity contribution < 1.29 is 4.39 Å². The fourth-order valence-corrected chi connectivity index (χ4v) is 2.52. The number of aromatic nitrogens is 4. The highest BCUT2D eigenvalue weighted by molar-refractivity contribution is 6.28. The third kappa shape index (κ3) is 3.40. The van der Waals surface area contributed by atoms with Gasteiger partial charge in [-0.3, -0.25) is 4.98 Å².